The molecule has 8 nitrogen and oxygen atoms in total. The van der Waals surface area contributed by atoms with Gasteiger partial charge in [0.15, 0.2) is 12.4 Å². The summed E-state index contributed by atoms with van der Waals surface area (Å²) in [5.74, 6) is -0.933. The van der Waals surface area contributed by atoms with E-state index in [9.17, 15) is 19.8 Å². The van der Waals surface area contributed by atoms with Crippen molar-refractivity contribution in [1.29, 1.82) is 0 Å². The topological polar surface area (TPSA) is 112 Å². The molecule has 2 aliphatic heterocycles. The molecule has 2 bridgehead atoms. The number of fused-ring (bicyclic) bond motifs is 2. The minimum Gasteiger partial charge on any atom is -0.463 e. The average Bonchev–Trinajstić information content (AvgIpc) is 2.89. The van der Waals surface area contributed by atoms with E-state index in [1.54, 1.807) is 0 Å². The van der Waals surface area contributed by atoms with Gasteiger partial charge in [-0.15, -0.1) is 0 Å². The second kappa shape index (κ2) is 19.8. The molecule has 0 aromatic heterocycles. The van der Waals surface area contributed by atoms with Crippen molar-refractivity contribution in [3.05, 3.63) is 0 Å². The highest BCUT2D eigenvalue weighted by atomic mass is 16.7. The van der Waals surface area contributed by atoms with Crippen LogP contribution in [0.1, 0.15) is 136 Å². The number of ether oxygens (including phenoxy) is 4. The molecule has 2 fully saturated rings. The second-order valence-corrected chi connectivity index (χ2v) is 11.2. The fourth-order valence-corrected chi connectivity index (χ4v) is 5.39. The van der Waals surface area contributed by atoms with Crippen molar-refractivity contribution in [2.75, 3.05) is 6.61 Å². The molecule has 38 heavy (non-hydrogen) atoms. The van der Waals surface area contributed by atoms with Crippen LogP contribution in [0.5, 0.6) is 0 Å². The molecule has 0 unspecified atom stereocenters. The van der Waals surface area contributed by atoms with Crippen LogP contribution in [0.25, 0.3) is 0 Å². The van der Waals surface area contributed by atoms with Crippen LogP contribution >= 0.6 is 0 Å². The first-order chi connectivity index (χ1) is 18.4. The minimum absolute atomic E-state index is 0.106. The third-order valence-corrected chi connectivity index (χ3v) is 7.72. The number of carbonyl (C=O) groups is 2. The van der Waals surface area contributed by atoms with Gasteiger partial charge in [-0.2, -0.15) is 0 Å². The predicted molar refractivity (Wildman–Crippen MR) is 145 cm³/mol. The summed E-state index contributed by atoms with van der Waals surface area (Å²) in [6.07, 6.45) is 14.7. The van der Waals surface area contributed by atoms with E-state index in [-0.39, 0.29) is 18.7 Å². The Bertz CT molecular complexity index is 642. The van der Waals surface area contributed by atoms with Crippen molar-refractivity contribution in [1.82, 2.24) is 0 Å². The summed E-state index contributed by atoms with van der Waals surface area (Å²) in [5.41, 5.74) is 0. The molecule has 0 aliphatic carbocycles. The van der Waals surface area contributed by atoms with E-state index in [1.807, 2.05) is 0 Å². The fourth-order valence-electron chi connectivity index (χ4n) is 5.39. The monoisotopic (exact) mass is 542 g/mol. The first kappa shape index (κ1) is 33.0. The summed E-state index contributed by atoms with van der Waals surface area (Å²) in [6.45, 7) is 3.31. The quantitative estimate of drug-likeness (QED) is 0.237. The lowest BCUT2D eigenvalue weighted by atomic mass is 9.98. The Labute approximate surface area is 230 Å². The van der Waals surface area contributed by atoms with Gasteiger partial charge in [-0.1, -0.05) is 103 Å². The zero-order valence-corrected chi connectivity index (χ0v) is 24.0. The first-order valence-electron chi connectivity index (χ1n) is 15.4. The van der Waals surface area contributed by atoms with Crippen LogP contribution < -0.4 is 0 Å². The van der Waals surface area contributed by atoms with Gasteiger partial charge < -0.3 is 29.2 Å². The fraction of sp³-hybridized carbons (Fsp3) is 0.933. The second-order valence-electron chi connectivity index (χ2n) is 11.2. The summed E-state index contributed by atoms with van der Waals surface area (Å²) < 4.78 is 23.0. The Morgan fingerprint density at radius 2 is 1.45 bits per heavy atom. The number of esters is 2. The highest BCUT2D eigenvalue weighted by Gasteiger charge is 2.48. The Balaban J connectivity index is 1.95. The van der Waals surface area contributed by atoms with Gasteiger partial charge in [0, 0.05) is 13.3 Å². The van der Waals surface area contributed by atoms with E-state index in [0.29, 0.717) is 6.42 Å². The van der Waals surface area contributed by atoms with E-state index in [2.05, 4.69) is 6.92 Å². The smallest absolute Gasteiger partial charge is 0.305 e. The van der Waals surface area contributed by atoms with Crippen LogP contribution in [-0.4, -0.2) is 65.6 Å². The lowest BCUT2D eigenvalue weighted by molar-refractivity contribution is -0.315. The maximum absolute atomic E-state index is 12.1. The van der Waals surface area contributed by atoms with Crippen molar-refractivity contribution in [2.24, 2.45) is 0 Å². The molecular formula is C30H54O8. The minimum atomic E-state index is -1.40. The molecule has 2 rings (SSSR count). The largest absolute Gasteiger partial charge is 0.463 e. The lowest BCUT2D eigenvalue weighted by Gasteiger charge is -2.42. The summed E-state index contributed by atoms with van der Waals surface area (Å²) in [4.78, 5) is 23.9. The van der Waals surface area contributed by atoms with E-state index < -0.39 is 36.7 Å². The van der Waals surface area contributed by atoms with Crippen molar-refractivity contribution >= 4 is 11.9 Å². The molecule has 2 saturated heterocycles. The summed E-state index contributed by atoms with van der Waals surface area (Å²) in [6, 6.07) is 0. The third kappa shape index (κ3) is 13.2. The molecule has 0 saturated carbocycles. The highest BCUT2D eigenvalue weighted by molar-refractivity contribution is 5.69. The Hall–Kier alpha value is -1.22. The summed E-state index contributed by atoms with van der Waals surface area (Å²) in [7, 11) is 0. The number of carbonyl (C=O) groups excluding carboxylic acids is 2. The van der Waals surface area contributed by atoms with Crippen LogP contribution in [-0.2, 0) is 28.5 Å². The van der Waals surface area contributed by atoms with Crippen molar-refractivity contribution < 1.29 is 38.7 Å². The average molecular weight is 543 g/mol. The van der Waals surface area contributed by atoms with Crippen molar-refractivity contribution in [3.63, 3.8) is 0 Å². The maximum Gasteiger partial charge on any atom is 0.305 e. The molecule has 0 spiro atoms. The van der Waals surface area contributed by atoms with Crippen LogP contribution in [0.2, 0.25) is 0 Å². The zero-order chi connectivity index (χ0) is 27.6. The molecule has 2 N–H and O–H groups in total. The van der Waals surface area contributed by atoms with E-state index >= 15 is 0 Å². The predicted octanol–water partition coefficient (Wildman–Crippen LogP) is 5.74. The number of cyclic esters (lactones) is 1. The molecule has 0 radical (unpaired) electrons. The highest BCUT2D eigenvalue weighted by Crippen LogP contribution is 2.28. The number of hydrogen-bond donors (Lipinski definition) is 2. The van der Waals surface area contributed by atoms with Crippen LogP contribution in [0.4, 0.5) is 0 Å². The van der Waals surface area contributed by atoms with Gasteiger partial charge >= 0.3 is 11.9 Å². The zero-order valence-electron chi connectivity index (χ0n) is 24.0. The van der Waals surface area contributed by atoms with Gasteiger partial charge in [0.2, 0.25) is 0 Å². The van der Waals surface area contributed by atoms with Crippen LogP contribution in [0.15, 0.2) is 0 Å². The first-order valence-corrected chi connectivity index (χ1v) is 15.4. The van der Waals surface area contributed by atoms with E-state index in [0.717, 1.165) is 64.2 Å². The van der Waals surface area contributed by atoms with E-state index in [4.69, 9.17) is 18.9 Å². The molecule has 6 atom stereocenters. The van der Waals surface area contributed by atoms with Gasteiger partial charge in [-0.05, 0) is 19.3 Å². The number of aliphatic hydroxyl groups is 2. The lowest BCUT2D eigenvalue weighted by Crippen LogP contribution is -2.61. The van der Waals surface area contributed by atoms with Crippen LogP contribution in [0.3, 0.4) is 0 Å². The van der Waals surface area contributed by atoms with Gasteiger partial charge in [0.25, 0.3) is 0 Å². The molecule has 2 aliphatic rings. The Morgan fingerprint density at radius 1 is 0.842 bits per heavy atom. The van der Waals surface area contributed by atoms with Gasteiger partial charge in [0.1, 0.15) is 24.9 Å². The van der Waals surface area contributed by atoms with E-state index in [1.165, 1.54) is 58.3 Å². The summed E-state index contributed by atoms with van der Waals surface area (Å²) >= 11 is 0. The molecule has 8 heteroatoms. The third-order valence-electron chi connectivity index (χ3n) is 7.72. The standard InChI is InChI=1S/C30H54O8/c1-3-4-5-6-7-8-9-10-13-16-19-24-20-17-14-11-12-15-18-21-26(32)35-22-25-27(33)28(34)29(36-23(2)31)30(37-24)38-25/h24-25,27-30,33-34H,3-22H2,1-2H3/t24-,25-,27-,28+,29-,30-/m1/s1. The molecule has 0 aromatic carbocycles. The molecule has 2 heterocycles. The number of aliphatic hydroxyl groups excluding tert-OH is 2. The van der Waals surface area contributed by atoms with Gasteiger partial charge in [-0.25, -0.2) is 0 Å². The van der Waals surface area contributed by atoms with Crippen molar-refractivity contribution in [2.45, 2.75) is 173 Å². The molecule has 222 valence electrons. The Morgan fingerprint density at radius 3 is 2.11 bits per heavy atom. The number of rotatable bonds is 12. The van der Waals surface area contributed by atoms with Gasteiger partial charge in [0.05, 0.1) is 6.10 Å². The molecule has 0 aromatic rings. The number of unbranched alkanes of at least 4 members (excludes halogenated alkanes) is 9. The normalized spacial score (nSPS) is 29.9. The van der Waals surface area contributed by atoms with Crippen molar-refractivity contribution in [3.8, 4) is 0 Å². The maximum atomic E-state index is 12.1. The molecule has 0 amide bonds. The number of hydrogen-bond acceptors (Lipinski definition) is 8. The van der Waals surface area contributed by atoms with Crippen LogP contribution in [0, 0.1) is 0 Å². The Kier molecular flexibility index (Phi) is 17.2. The van der Waals surface area contributed by atoms with Gasteiger partial charge in [-0.3, -0.25) is 9.59 Å². The SMILES string of the molecule is CCCCCCCCCCCC[C@@H]1CCCCCCCCC(=O)OC[C@H]2O[C@@H](O1)[C@H](OC(C)=O)[C@@H](O)[C@@H]2O. The molecular weight excluding hydrogens is 488 g/mol. The summed E-state index contributed by atoms with van der Waals surface area (Å²) in [5, 5.41) is 21.4.